The molecule has 0 aliphatic rings. The number of hydrogen-bond donors (Lipinski definition) is 2. The highest BCUT2D eigenvalue weighted by Gasteiger charge is 2.08. The summed E-state index contributed by atoms with van der Waals surface area (Å²) in [6, 6.07) is 14.7. The van der Waals surface area contributed by atoms with Gasteiger partial charge >= 0.3 is 0 Å². The zero-order chi connectivity index (χ0) is 18.5. The summed E-state index contributed by atoms with van der Waals surface area (Å²) in [4.78, 5) is 16.3. The highest BCUT2D eigenvalue weighted by atomic mass is 35.5. The lowest BCUT2D eigenvalue weighted by Crippen LogP contribution is -2.15. The van der Waals surface area contributed by atoms with Crippen LogP contribution in [0, 0.1) is 5.82 Å². The molecule has 2 aromatic carbocycles. The summed E-state index contributed by atoms with van der Waals surface area (Å²) in [5, 5.41) is 6.68. The van der Waals surface area contributed by atoms with E-state index in [9.17, 15) is 9.18 Å². The largest absolute Gasteiger partial charge is 0.340 e. The maximum Gasteiger partial charge on any atom is 0.228 e. The predicted octanol–water partition coefficient (Wildman–Crippen LogP) is 5.45. The van der Waals surface area contributed by atoms with Crippen molar-refractivity contribution in [1.82, 2.24) is 4.98 Å². The van der Waals surface area contributed by atoms with Crippen LogP contribution in [0.5, 0.6) is 0 Å². The van der Waals surface area contributed by atoms with E-state index in [2.05, 4.69) is 15.6 Å². The molecule has 132 valence electrons. The van der Waals surface area contributed by atoms with Crippen molar-refractivity contribution in [2.24, 2.45) is 0 Å². The van der Waals surface area contributed by atoms with Gasteiger partial charge in [-0.3, -0.25) is 4.79 Å². The molecule has 2 N–H and O–H groups in total. The summed E-state index contributed by atoms with van der Waals surface area (Å²) in [7, 11) is 0. The average Bonchev–Trinajstić information content (AvgIpc) is 2.62. The Hall–Kier alpha value is -2.63. The molecule has 3 aromatic rings. The van der Waals surface area contributed by atoms with Gasteiger partial charge < -0.3 is 10.6 Å². The minimum absolute atomic E-state index is 0.0457. The van der Waals surface area contributed by atoms with E-state index in [4.69, 9.17) is 23.2 Å². The molecule has 0 atom stereocenters. The summed E-state index contributed by atoms with van der Waals surface area (Å²) in [6.07, 6.45) is 1.47. The van der Waals surface area contributed by atoms with Gasteiger partial charge in [0.25, 0.3) is 0 Å². The first-order chi connectivity index (χ1) is 12.5. The first-order valence-corrected chi connectivity index (χ1v) is 8.48. The van der Waals surface area contributed by atoms with Crippen molar-refractivity contribution in [2.75, 3.05) is 10.6 Å². The lowest BCUT2D eigenvalue weighted by molar-refractivity contribution is -0.115. The van der Waals surface area contributed by atoms with Crippen LogP contribution in [-0.2, 0) is 11.2 Å². The number of halogens is 3. The third-order valence-corrected chi connectivity index (χ3v) is 4.29. The van der Waals surface area contributed by atoms with Crippen molar-refractivity contribution in [3.05, 3.63) is 82.2 Å². The maximum atomic E-state index is 13.6. The third-order valence-electron chi connectivity index (χ3n) is 3.55. The highest BCUT2D eigenvalue weighted by Crippen LogP contribution is 2.26. The molecule has 0 saturated carbocycles. The number of aromatic nitrogens is 1. The Morgan fingerprint density at radius 3 is 2.46 bits per heavy atom. The molecule has 7 heteroatoms. The Labute approximate surface area is 160 Å². The van der Waals surface area contributed by atoms with Crippen LogP contribution < -0.4 is 10.6 Å². The summed E-state index contributed by atoms with van der Waals surface area (Å²) in [5.74, 6) is -0.139. The molecule has 4 nitrogen and oxygen atoms in total. The minimum atomic E-state index is -0.401. The molecule has 0 bridgehead atoms. The van der Waals surface area contributed by atoms with E-state index in [-0.39, 0.29) is 12.3 Å². The van der Waals surface area contributed by atoms with E-state index in [1.807, 2.05) is 0 Å². The summed E-state index contributed by atoms with van der Waals surface area (Å²) >= 11 is 11.9. The normalized spacial score (nSPS) is 10.4. The van der Waals surface area contributed by atoms with E-state index >= 15 is 0 Å². The van der Waals surface area contributed by atoms with E-state index < -0.39 is 5.82 Å². The van der Waals surface area contributed by atoms with Gasteiger partial charge in [0.1, 0.15) is 11.6 Å². The molecule has 1 aromatic heterocycles. The zero-order valence-corrected chi connectivity index (χ0v) is 15.0. The second-order valence-corrected chi connectivity index (χ2v) is 6.32. The predicted molar refractivity (Wildman–Crippen MR) is 103 cm³/mol. The molecule has 3 rings (SSSR count). The molecule has 0 saturated heterocycles. The van der Waals surface area contributed by atoms with Crippen LogP contribution in [0.2, 0.25) is 10.0 Å². The molecule has 1 amide bonds. The zero-order valence-electron chi connectivity index (χ0n) is 13.5. The van der Waals surface area contributed by atoms with Crippen LogP contribution in [0.4, 0.5) is 21.6 Å². The number of anilines is 3. The number of nitrogens with zero attached hydrogens (tertiary/aromatic N) is 1. The highest BCUT2D eigenvalue weighted by molar-refractivity contribution is 6.42. The van der Waals surface area contributed by atoms with Crippen molar-refractivity contribution in [1.29, 1.82) is 0 Å². The van der Waals surface area contributed by atoms with E-state index in [0.29, 0.717) is 27.1 Å². The van der Waals surface area contributed by atoms with Crippen LogP contribution in [0.15, 0.2) is 60.8 Å². The van der Waals surface area contributed by atoms with E-state index in [1.54, 1.807) is 48.5 Å². The van der Waals surface area contributed by atoms with Gasteiger partial charge in [-0.1, -0.05) is 41.4 Å². The average molecular weight is 390 g/mol. The molecular weight excluding hydrogens is 376 g/mol. The molecule has 0 aliphatic carbocycles. The van der Waals surface area contributed by atoms with Crippen molar-refractivity contribution >= 4 is 46.3 Å². The maximum absolute atomic E-state index is 13.6. The molecule has 0 fully saturated rings. The molecule has 26 heavy (non-hydrogen) atoms. The van der Waals surface area contributed by atoms with Gasteiger partial charge in [-0.15, -0.1) is 0 Å². The Kier molecular flexibility index (Phi) is 5.71. The molecule has 0 unspecified atom stereocenters. The monoisotopic (exact) mass is 389 g/mol. The van der Waals surface area contributed by atoms with Crippen molar-refractivity contribution in [2.45, 2.75) is 6.42 Å². The summed E-state index contributed by atoms with van der Waals surface area (Å²) in [5.41, 5.74) is 1.60. The van der Waals surface area contributed by atoms with Crippen LogP contribution >= 0.6 is 23.2 Å². The Balaban J connectivity index is 1.61. The fourth-order valence-electron chi connectivity index (χ4n) is 2.28. The number of carbonyl (C=O) groups excluding carboxylic acids is 1. The van der Waals surface area contributed by atoms with Gasteiger partial charge in [0, 0.05) is 5.69 Å². The van der Waals surface area contributed by atoms with Crippen molar-refractivity contribution in [3.63, 3.8) is 0 Å². The molecule has 0 radical (unpaired) electrons. The number of hydrogen-bond acceptors (Lipinski definition) is 3. The number of rotatable bonds is 5. The fourth-order valence-corrected chi connectivity index (χ4v) is 2.58. The van der Waals surface area contributed by atoms with Crippen LogP contribution in [0.1, 0.15) is 5.56 Å². The van der Waals surface area contributed by atoms with Gasteiger partial charge in [-0.25, -0.2) is 9.37 Å². The number of nitrogens with one attached hydrogen (secondary N) is 2. The van der Waals surface area contributed by atoms with Gasteiger partial charge in [0.2, 0.25) is 5.91 Å². The smallest absolute Gasteiger partial charge is 0.228 e. The van der Waals surface area contributed by atoms with Gasteiger partial charge in [0.05, 0.1) is 28.4 Å². The SMILES string of the molecule is O=C(Cc1ccccc1F)Nc1ccc(Nc2ccc(Cl)c(Cl)c2)nc1. The quantitative estimate of drug-likeness (QED) is 0.609. The van der Waals surface area contributed by atoms with Crippen LogP contribution in [0.25, 0.3) is 0 Å². The minimum Gasteiger partial charge on any atom is -0.340 e. The van der Waals surface area contributed by atoms with Crippen LogP contribution in [0.3, 0.4) is 0 Å². The Bertz CT molecular complexity index is 932. The lowest BCUT2D eigenvalue weighted by atomic mass is 10.1. The van der Waals surface area contributed by atoms with E-state index in [1.165, 1.54) is 12.3 Å². The van der Waals surface area contributed by atoms with Gasteiger partial charge in [-0.05, 0) is 42.0 Å². The number of benzene rings is 2. The number of pyridine rings is 1. The van der Waals surface area contributed by atoms with Crippen LogP contribution in [-0.4, -0.2) is 10.9 Å². The number of carbonyl (C=O) groups is 1. The summed E-state index contributed by atoms with van der Waals surface area (Å²) in [6.45, 7) is 0. The third kappa shape index (κ3) is 4.71. The lowest BCUT2D eigenvalue weighted by Gasteiger charge is -2.09. The van der Waals surface area contributed by atoms with E-state index in [0.717, 1.165) is 5.69 Å². The van der Waals surface area contributed by atoms with Gasteiger partial charge in [-0.2, -0.15) is 0 Å². The molecular formula is C19H14Cl2FN3O. The standard InChI is InChI=1S/C19H14Cl2FN3O/c20-15-7-5-13(10-16(15)21)24-18-8-6-14(11-23-18)25-19(26)9-12-3-1-2-4-17(12)22/h1-8,10-11H,9H2,(H,23,24)(H,25,26). The Morgan fingerprint density at radius 2 is 1.77 bits per heavy atom. The second-order valence-electron chi connectivity index (χ2n) is 5.50. The van der Waals surface area contributed by atoms with Gasteiger partial charge in [0.15, 0.2) is 0 Å². The van der Waals surface area contributed by atoms with Crippen molar-refractivity contribution < 1.29 is 9.18 Å². The first kappa shape index (κ1) is 18.2. The topological polar surface area (TPSA) is 54.0 Å². The van der Waals surface area contributed by atoms with Crippen molar-refractivity contribution in [3.8, 4) is 0 Å². The number of amides is 1. The second kappa shape index (κ2) is 8.17. The Morgan fingerprint density at radius 1 is 1.00 bits per heavy atom. The first-order valence-electron chi connectivity index (χ1n) is 7.72. The molecule has 1 heterocycles. The fraction of sp³-hybridized carbons (Fsp3) is 0.0526. The molecule has 0 aliphatic heterocycles. The molecule has 0 spiro atoms. The summed E-state index contributed by atoms with van der Waals surface area (Å²) < 4.78 is 13.6.